The first kappa shape index (κ1) is 14.4. The van der Waals surface area contributed by atoms with Gasteiger partial charge in [0.2, 0.25) is 0 Å². The van der Waals surface area contributed by atoms with Crippen molar-refractivity contribution in [3.05, 3.63) is 66.2 Å². The Labute approximate surface area is 131 Å². The van der Waals surface area contributed by atoms with E-state index in [1.165, 1.54) is 0 Å². The summed E-state index contributed by atoms with van der Waals surface area (Å²) in [7, 11) is 0. The Morgan fingerprint density at radius 3 is 2.24 bits per heavy atom. The minimum atomic E-state index is -2.94. The molecule has 0 saturated carbocycles. The van der Waals surface area contributed by atoms with Crippen molar-refractivity contribution in [2.45, 2.75) is 23.5 Å². The van der Waals surface area contributed by atoms with Gasteiger partial charge >= 0.3 is 132 Å². The van der Waals surface area contributed by atoms with Crippen LogP contribution in [0.2, 0.25) is 0 Å². The van der Waals surface area contributed by atoms with Crippen LogP contribution >= 0.6 is 0 Å². The summed E-state index contributed by atoms with van der Waals surface area (Å²) in [6.45, 7) is 3.76. The summed E-state index contributed by atoms with van der Waals surface area (Å²) in [5.74, 6) is 0.615. The van der Waals surface area contributed by atoms with Gasteiger partial charge in [-0.15, -0.1) is 0 Å². The third kappa shape index (κ3) is 2.66. The Morgan fingerprint density at radius 1 is 1.05 bits per heavy atom. The Bertz CT molecular complexity index is 684. The van der Waals surface area contributed by atoms with Crippen LogP contribution in [0.1, 0.15) is 25.5 Å². The molecule has 4 heteroatoms. The molecule has 1 aliphatic rings. The fraction of sp³-hybridized carbons (Fsp3) is 0.235. The van der Waals surface area contributed by atoms with Crippen LogP contribution in [0.5, 0.6) is 0 Å². The van der Waals surface area contributed by atoms with Crippen molar-refractivity contribution in [3.63, 3.8) is 0 Å². The van der Waals surface area contributed by atoms with E-state index < -0.39 is 23.2 Å². The molecule has 2 aromatic carbocycles. The molecule has 1 heterocycles. The molecule has 0 spiro atoms. The first-order chi connectivity index (χ1) is 10.1. The molecule has 0 fully saturated rings. The molecule has 3 nitrogen and oxygen atoms in total. The molecular formula is C17H17NO2Te. The third-order valence-electron chi connectivity index (χ3n) is 3.60. The zero-order chi connectivity index (χ0) is 14.9. The molecule has 3 rings (SSSR count). The molecule has 2 aromatic rings. The van der Waals surface area contributed by atoms with Gasteiger partial charge in [-0.1, -0.05) is 0 Å². The van der Waals surface area contributed by atoms with Crippen LogP contribution in [0.25, 0.3) is 0 Å². The van der Waals surface area contributed by atoms with E-state index in [1.807, 2.05) is 74.5 Å². The second-order valence-corrected chi connectivity index (χ2v) is 10.4. The summed E-state index contributed by atoms with van der Waals surface area (Å²) in [4.78, 5) is 4.60. The van der Waals surface area contributed by atoms with E-state index in [2.05, 4.69) is 4.99 Å². The van der Waals surface area contributed by atoms with Gasteiger partial charge in [-0.2, -0.15) is 0 Å². The summed E-state index contributed by atoms with van der Waals surface area (Å²) in [6, 6.07) is 19.4. The number of hydrogen-bond acceptors (Lipinski definition) is 3. The Morgan fingerprint density at radius 2 is 1.62 bits per heavy atom. The van der Waals surface area contributed by atoms with Crippen LogP contribution in [0.15, 0.2) is 65.7 Å². The summed E-state index contributed by atoms with van der Waals surface area (Å²) >= 11 is -2.94. The van der Waals surface area contributed by atoms with Gasteiger partial charge in [0, 0.05) is 0 Å². The zero-order valence-electron chi connectivity index (χ0n) is 12.0. The predicted octanol–water partition coefficient (Wildman–Crippen LogP) is 2.80. The van der Waals surface area contributed by atoms with E-state index in [0.29, 0.717) is 5.90 Å². The number of hydrogen-bond donors (Lipinski definition) is 0. The molecule has 0 N–H and O–H groups in total. The molecule has 0 radical (unpaired) electrons. The first-order valence-corrected chi connectivity index (χ1v) is 10.1. The van der Waals surface area contributed by atoms with Gasteiger partial charge < -0.3 is 0 Å². The van der Waals surface area contributed by atoms with Crippen LogP contribution in [0.4, 0.5) is 0 Å². The summed E-state index contributed by atoms with van der Waals surface area (Å²) in [5, 5.41) is 0. The molecule has 0 amide bonds. The van der Waals surface area contributed by atoms with Crippen molar-refractivity contribution in [2.24, 2.45) is 4.99 Å². The van der Waals surface area contributed by atoms with Gasteiger partial charge in [0.1, 0.15) is 0 Å². The van der Waals surface area contributed by atoms with Crippen LogP contribution in [-0.2, 0) is 7.84 Å². The van der Waals surface area contributed by atoms with E-state index in [1.54, 1.807) is 0 Å². The van der Waals surface area contributed by atoms with Crippen molar-refractivity contribution in [3.8, 4) is 0 Å². The molecule has 0 bridgehead atoms. The van der Waals surface area contributed by atoms with Gasteiger partial charge in [-0.3, -0.25) is 0 Å². The van der Waals surface area contributed by atoms with E-state index in [9.17, 15) is 3.10 Å². The number of aliphatic imine (C=N–C) groups is 1. The Hall–Kier alpha value is -1.50. The number of nitrogens with zero attached hydrogens (tertiary/aromatic N) is 1. The van der Waals surface area contributed by atoms with Gasteiger partial charge in [0.25, 0.3) is 0 Å². The molecule has 2 unspecified atom stereocenters. The molecule has 0 aromatic heterocycles. The number of benzene rings is 2. The summed E-state index contributed by atoms with van der Waals surface area (Å²) < 4.78 is 19.3. The van der Waals surface area contributed by atoms with E-state index in [-0.39, 0.29) is 6.04 Å². The summed E-state index contributed by atoms with van der Waals surface area (Å²) in [6.07, 6.45) is 0. The van der Waals surface area contributed by atoms with Crippen molar-refractivity contribution >= 4 is 29.0 Å². The van der Waals surface area contributed by atoms with Gasteiger partial charge in [0.15, 0.2) is 0 Å². The molecule has 1 aliphatic heterocycles. The third-order valence-corrected chi connectivity index (χ3v) is 8.57. The molecule has 0 aliphatic carbocycles. The predicted molar refractivity (Wildman–Crippen MR) is 84.3 cm³/mol. The SMILES string of the molecule is CC1=NC(c2ccccc2)C(C)([Te](=O)c2ccccc2)O1. The van der Waals surface area contributed by atoms with Crippen molar-refractivity contribution in [1.82, 2.24) is 0 Å². The molecule has 2 atom stereocenters. The monoisotopic (exact) mass is 397 g/mol. The second kappa shape index (κ2) is 5.71. The van der Waals surface area contributed by atoms with Crippen LogP contribution in [-0.4, -0.2) is 29.1 Å². The fourth-order valence-electron chi connectivity index (χ4n) is 2.60. The van der Waals surface area contributed by atoms with Crippen LogP contribution in [0, 0.1) is 0 Å². The van der Waals surface area contributed by atoms with Crippen molar-refractivity contribution in [1.29, 1.82) is 0 Å². The zero-order valence-corrected chi connectivity index (χ0v) is 14.4. The summed E-state index contributed by atoms with van der Waals surface area (Å²) in [5.41, 5.74) is 1.05. The Balaban J connectivity index is 2.01. The topological polar surface area (TPSA) is 38.7 Å². The normalized spacial score (nSPS) is 24.7. The average Bonchev–Trinajstić information content (AvgIpc) is 2.84. The average molecular weight is 395 g/mol. The fourth-order valence-corrected chi connectivity index (χ4v) is 6.77. The maximum absolute atomic E-state index is 13.2. The van der Waals surface area contributed by atoms with Gasteiger partial charge in [0.05, 0.1) is 0 Å². The maximum atomic E-state index is 13.2. The van der Waals surface area contributed by atoms with E-state index >= 15 is 0 Å². The van der Waals surface area contributed by atoms with E-state index in [0.717, 1.165) is 9.17 Å². The molecule has 21 heavy (non-hydrogen) atoms. The minimum absolute atomic E-state index is 0.201. The standard InChI is InChI=1S/C17H17NO2Te/c1-13-18-16(14-9-5-3-6-10-14)17(2,20-13)21(19)15-11-7-4-8-12-15/h3-12,16H,1-2H3. The first-order valence-electron chi connectivity index (χ1n) is 6.86. The molecule has 108 valence electrons. The van der Waals surface area contributed by atoms with Crippen LogP contribution < -0.4 is 3.61 Å². The Kier molecular flexibility index (Phi) is 3.93. The van der Waals surface area contributed by atoms with Gasteiger partial charge in [-0.25, -0.2) is 0 Å². The van der Waals surface area contributed by atoms with Crippen molar-refractivity contribution in [2.75, 3.05) is 0 Å². The molecular weight excluding hydrogens is 378 g/mol. The second-order valence-electron chi connectivity index (χ2n) is 5.16. The number of ether oxygens (including phenoxy) is 1. The van der Waals surface area contributed by atoms with Gasteiger partial charge in [-0.05, 0) is 0 Å². The number of rotatable bonds is 3. The van der Waals surface area contributed by atoms with Crippen molar-refractivity contribution < 1.29 is 7.84 Å². The van der Waals surface area contributed by atoms with Crippen LogP contribution in [0.3, 0.4) is 0 Å². The van der Waals surface area contributed by atoms with E-state index in [4.69, 9.17) is 4.74 Å². The quantitative estimate of drug-likeness (QED) is 0.751. The molecule has 0 saturated heterocycles.